The maximum Gasteiger partial charge on any atom is 0.360 e. The first-order chi connectivity index (χ1) is 16.3. The van der Waals surface area contributed by atoms with E-state index in [2.05, 4.69) is 10.3 Å². The minimum Gasteiger partial charge on any atom is -0.461 e. The third-order valence-corrected chi connectivity index (χ3v) is 5.51. The fourth-order valence-electron chi connectivity index (χ4n) is 3.89. The molecule has 1 atom stereocenters. The van der Waals surface area contributed by atoms with Crippen LogP contribution in [-0.2, 0) is 29.0 Å². The first-order valence-corrected chi connectivity index (χ1v) is 10.6. The highest BCUT2D eigenvalue weighted by Gasteiger charge is 2.30. The molecule has 0 unspecified atom stereocenters. The van der Waals surface area contributed by atoms with Crippen molar-refractivity contribution < 1.29 is 27.5 Å². The summed E-state index contributed by atoms with van der Waals surface area (Å²) in [5, 5.41) is 8.05. The van der Waals surface area contributed by atoms with Crippen molar-refractivity contribution in [3.05, 3.63) is 76.4 Å². The van der Waals surface area contributed by atoms with Crippen molar-refractivity contribution in [1.29, 1.82) is 0 Å². The van der Waals surface area contributed by atoms with E-state index in [1.54, 1.807) is 19.1 Å². The number of ether oxygens (including phenoxy) is 1. The molecular weight excluding hydrogens is 451 g/mol. The fraction of sp³-hybridized carbons (Fsp3) is 0.304. The molecule has 11 heteroatoms. The largest absolute Gasteiger partial charge is 0.461 e. The Bertz CT molecular complexity index is 1250. The molecule has 4 rings (SSSR count). The maximum absolute atomic E-state index is 14.0. The van der Waals surface area contributed by atoms with Crippen molar-refractivity contribution in [1.82, 2.24) is 19.9 Å². The summed E-state index contributed by atoms with van der Waals surface area (Å²) in [6, 6.07) is 7.59. The standard InChI is InChI=1S/C23H22F3N5O3/c1-2-34-23(33)22-20-12-30(11-13-5-3-4-6-19(13)31(20)29-28-22)21(32)9-15(27)7-14-8-17(25)18(26)10-16(14)24/h3-6,8,10,15H,2,7,9,11-12,27H2,1H3/t15-/m1/s1. The molecule has 2 heterocycles. The van der Waals surface area contributed by atoms with Crippen molar-refractivity contribution in [3.63, 3.8) is 0 Å². The Morgan fingerprint density at radius 3 is 2.62 bits per heavy atom. The Morgan fingerprint density at radius 1 is 1.12 bits per heavy atom. The van der Waals surface area contributed by atoms with Gasteiger partial charge in [-0.25, -0.2) is 22.6 Å². The van der Waals surface area contributed by atoms with E-state index in [-0.39, 0.29) is 49.7 Å². The minimum absolute atomic E-state index is 0.00418. The number of nitrogens with zero attached hydrogens (tertiary/aromatic N) is 4. The van der Waals surface area contributed by atoms with E-state index in [1.807, 2.05) is 12.1 Å². The molecule has 8 nitrogen and oxygen atoms in total. The van der Waals surface area contributed by atoms with Crippen LogP contribution in [0.5, 0.6) is 0 Å². The summed E-state index contributed by atoms with van der Waals surface area (Å²) >= 11 is 0. The zero-order valence-corrected chi connectivity index (χ0v) is 18.3. The van der Waals surface area contributed by atoms with E-state index in [1.165, 1.54) is 9.58 Å². The van der Waals surface area contributed by atoms with Crippen LogP contribution in [0, 0.1) is 17.5 Å². The molecule has 1 aliphatic rings. The predicted molar refractivity (Wildman–Crippen MR) is 114 cm³/mol. The van der Waals surface area contributed by atoms with E-state index in [0.29, 0.717) is 17.4 Å². The molecule has 2 N–H and O–H groups in total. The van der Waals surface area contributed by atoms with Crippen molar-refractivity contribution >= 4 is 11.9 Å². The molecule has 2 aromatic carbocycles. The number of carbonyl (C=O) groups is 2. The van der Waals surface area contributed by atoms with Gasteiger partial charge in [0.05, 0.1) is 24.5 Å². The topological polar surface area (TPSA) is 103 Å². The molecule has 1 aromatic heterocycles. The maximum atomic E-state index is 14.0. The molecule has 0 saturated carbocycles. The van der Waals surface area contributed by atoms with Gasteiger partial charge in [0.15, 0.2) is 17.3 Å². The number of esters is 1. The molecule has 0 bridgehead atoms. The number of hydrogen-bond donors (Lipinski definition) is 1. The Morgan fingerprint density at radius 2 is 1.85 bits per heavy atom. The Kier molecular flexibility index (Phi) is 6.64. The molecular formula is C23H22F3N5O3. The SMILES string of the molecule is CCOC(=O)c1nnn2c1CN(C(=O)C[C@H](N)Cc1cc(F)c(F)cc1F)Cc1ccccc1-2. The first-order valence-electron chi connectivity index (χ1n) is 10.6. The van der Waals surface area contributed by atoms with Gasteiger partial charge in [0.2, 0.25) is 5.91 Å². The molecule has 34 heavy (non-hydrogen) atoms. The van der Waals surface area contributed by atoms with Gasteiger partial charge in [0.1, 0.15) is 5.82 Å². The van der Waals surface area contributed by atoms with E-state index in [4.69, 9.17) is 10.5 Å². The van der Waals surface area contributed by atoms with Gasteiger partial charge >= 0.3 is 5.97 Å². The van der Waals surface area contributed by atoms with Crippen molar-refractivity contribution in [2.24, 2.45) is 5.73 Å². The van der Waals surface area contributed by atoms with Gasteiger partial charge < -0.3 is 15.4 Å². The molecule has 0 spiro atoms. The summed E-state index contributed by atoms with van der Waals surface area (Å²) < 4.78 is 47.3. The lowest BCUT2D eigenvalue weighted by Crippen LogP contribution is -2.36. The fourth-order valence-corrected chi connectivity index (χ4v) is 3.89. The molecule has 3 aromatic rings. The number of hydrogen-bond acceptors (Lipinski definition) is 6. The lowest BCUT2D eigenvalue weighted by atomic mass is 10.0. The molecule has 0 fully saturated rings. The summed E-state index contributed by atoms with van der Waals surface area (Å²) in [5.41, 5.74) is 7.78. The number of rotatable bonds is 6. The van der Waals surface area contributed by atoms with Crippen LogP contribution >= 0.6 is 0 Å². The monoisotopic (exact) mass is 473 g/mol. The third-order valence-electron chi connectivity index (χ3n) is 5.51. The number of amides is 1. The van der Waals surface area contributed by atoms with E-state index >= 15 is 0 Å². The van der Waals surface area contributed by atoms with Gasteiger partial charge in [0, 0.05) is 25.1 Å². The minimum atomic E-state index is -1.29. The highest BCUT2D eigenvalue weighted by atomic mass is 19.2. The van der Waals surface area contributed by atoms with Crippen LogP contribution in [0.1, 0.15) is 40.7 Å². The highest BCUT2D eigenvalue weighted by molar-refractivity contribution is 5.89. The quantitative estimate of drug-likeness (QED) is 0.436. The Balaban J connectivity index is 1.58. The van der Waals surface area contributed by atoms with Crippen LogP contribution in [0.4, 0.5) is 13.2 Å². The summed E-state index contributed by atoms with van der Waals surface area (Å²) in [6.45, 7) is 2.05. The third kappa shape index (κ3) is 4.65. The smallest absolute Gasteiger partial charge is 0.360 e. The van der Waals surface area contributed by atoms with Gasteiger partial charge in [-0.2, -0.15) is 0 Å². The first kappa shape index (κ1) is 23.4. The lowest BCUT2D eigenvalue weighted by Gasteiger charge is -2.23. The number of benzene rings is 2. The number of para-hydroxylation sites is 1. The number of aromatic nitrogens is 3. The van der Waals surface area contributed by atoms with Gasteiger partial charge in [-0.05, 0) is 36.6 Å². The van der Waals surface area contributed by atoms with Gasteiger partial charge in [0.25, 0.3) is 0 Å². The average Bonchev–Trinajstić information content (AvgIpc) is 3.13. The zero-order valence-electron chi connectivity index (χ0n) is 18.3. The van der Waals surface area contributed by atoms with E-state index < -0.39 is 29.5 Å². The summed E-state index contributed by atoms with van der Waals surface area (Å²) in [7, 11) is 0. The molecule has 0 aliphatic carbocycles. The summed E-state index contributed by atoms with van der Waals surface area (Å²) in [6.07, 6.45) is -0.344. The van der Waals surface area contributed by atoms with Crippen molar-refractivity contribution in [2.45, 2.75) is 38.9 Å². The second-order valence-electron chi connectivity index (χ2n) is 7.92. The van der Waals surface area contributed by atoms with E-state index in [9.17, 15) is 22.8 Å². The molecule has 0 saturated heterocycles. The molecule has 1 aliphatic heterocycles. The second-order valence-corrected chi connectivity index (χ2v) is 7.92. The average molecular weight is 473 g/mol. The molecule has 178 valence electrons. The normalized spacial score (nSPS) is 13.6. The van der Waals surface area contributed by atoms with Crippen LogP contribution < -0.4 is 5.73 Å². The molecule has 1 amide bonds. The summed E-state index contributed by atoms with van der Waals surface area (Å²) in [4.78, 5) is 27.0. The van der Waals surface area contributed by atoms with Gasteiger partial charge in [-0.3, -0.25) is 4.79 Å². The number of carbonyl (C=O) groups excluding carboxylic acids is 2. The number of nitrogens with two attached hydrogens (primary N) is 1. The summed E-state index contributed by atoms with van der Waals surface area (Å²) in [5.74, 6) is -4.43. The second kappa shape index (κ2) is 9.64. The van der Waals surface area contributed by atoms with Crippen LogP contribution in [0.3, 0.4) is 0 Å². The number of fused-ring (bicyclic) bond motifs is 3. The lowest BCUT2D eigenvalue weighted by molar-refractivity contribution is -0.132. The van der Waals surface area contributed by atoms with E-state index in [0.717, 1.165) is 11.6 Å². The van der Waals surface area contributed by atoms with Crippen molar-refractivity contribution in [3.8, 4) is 5.69 Å². The van der Waals surface area contributed by atoms with Crippen LogP contribution in [0.25, 0.3) is 5.69 Å². The van der Waals surface area contributed by atoms with Crippen LogP contribution in [0.2, 0.25) is 0 Å². The predicted octanol–water partition coefficient (Wildman–Crippen LogP) is 2.66. The van der Waals surface area contributed by atoms with Crippen molar-refractivity contribution in [2.75, 3.05) is 6.61 Å². The zero-order chi connectivity index (χ0) is 24.4. The van der Waals surface area contributed by atoms with Gasteiger partial charge in [-0.15, -0.1) is 5.10 Å². The van der Waals surface area contributed by atoms with Crippen LogP contribution in [0.15, 0.2) is 36.4 Å². The Labute approximate surface area is 193 Å². The Hall–Kier alpha value is -3.73. The van der Waals surface area contributed by atoms with Gasteiger partial charge in [-0.1, -0.05) is 23.4 Å². The highest BCUT2D eigenvalue weighted by Crippen LogP contribution is 2.26. The number of halogens is 3. The van der Waals surface area contributed by atoms with Crippen LogP contribution in [-0.4, -0.2) is 44.4 Å². The molecule has 0 radical (unpaired) electrons.